The average molecular weight is 725 g/mol. The van der Waals surface area contributed by atoms with Gasteiger partial charge in [0, 0.05) is 44.3 Å². The van der Waals surface area contributed by atoms with Crippen LogP contribution in [0.2, 0.25) is 0 Å². The lowest BCUT2D eigenvalue weighted by atomic mass is 9.52. The zero-order valence-corrected chi connectivity index (χ0v) is 31.0. The number of rotatable bonds is 9. The van der Waals surface area contributed by atoms with Crippen LogP contribution in [0, 0.1) is 17.3 Å². The molecule has 10 nitrogen and oxygen atoms in total. The van der Waals surface area contributed by atoms with Crippen molar-refractivity contribution in [2.45, 2.75) is 114 Å². The van der Waals surface area contributed by atoms with E-state index in [-0.39, 0.29) is 55.4 Å². The molecule has 0 aromatic heterocycles. The van der Waals surface area contributed by atoms with Crippen LogP contribution in [0.15, 0.2) is 65.8 Å². The second-order valence-corrected chi connectivity index (χ2v) is 16.8. The minimum absolute atomic E-state index is 0.00370. The second-order valence-electron chi connectivity index (χ2n) is 16.8. The standard InChI is InChI=1S/C43H52N2O8/c1-41(2)25-32-27(12-13-36-42(3,52-36)16-14-33(32)41)20-26-8-6-7-11-31(26)40(49)50-34-21-30(39(48)45-17-15-37(47)44-18-19-46)22-35-38(34)53-43(51-35)23-28-9-4-5-10-29(28)24-43/h4-11,20,22,32-36,38,46H,12-19,21,23-25H2,1-3H3,(H,44,47)(H,45,48). The number of carbonyl (C=O) groups is 3. The fourth-order valence-corrected chi connectivity index (χ4v) is 9.76. The number of aliphatic hydroxyl groups is 1. The first-order valence-corrected chi connectivity index (χ1v) is 19.4. The number of carbonyl (C=O) groups excluding carboxylic acids is 3. The van der Waals surface area contributed by atoms with Crippen molar-refractivity contribution in [3.05, 3.63) is 88.0 Å². The number of ether oxygens (including phenoxy) is 4. The highest BCUT2D eigenvalue weighted by molar-refractivity contribution is 5.95. The molecule has 2 aliphatic heterocycles. The topological polar surface area (TPSA) is 136 Å². The summed E-state index contributed by atoms with van der Waals surface area (Å²) in [6.07, 6.45) is 8.97. The maximum atomic E-state index is 14.3. The fraction of sp³-hybridized carbons (Fsp3) is 0.558. The quantitative estimate of drug-likeness (QED) is 0.237. The molecule has 6 aliphatic rings. The molecule has 282 valence electrons. The molecule has 2 amide bonds. The van der Waals surface area contributed by atoms with Crippen molar-refractivity contribution in [2.24, 2.45) is 17.3 Å². The highest BCUT2D eigenvalue weighted by atomic mass is 16.8. The van der Waals surface area contributed by atoms with Crippen LogP contribution in [0.25, 0.3) is 6.08 Å². The van der Waals surface area contributed by atoms with Gasteiger partial charge in [-0.2, -0.15) is 0 Å². The Kier molecular flexibility index (Phi) is 9.62. The Morgan fingerprint density at radius 1 is 0.943 bits per heavy atom. The monoisotopic (exact) mass is 724 g/mol. The second kappa shape index (κ2) is 14.1. The van der Waals surface area contributed by atoms with Crippen LogP contribution in [0.5, 0.6) is 0 Å². The van der Waals surface area contributed by atoms with E-state index in [2.05, 4.69) is 49.6 Å². The van der Waals surface area contributed by atoms with E-state index >= 15 is 0 Å². The molecule has 7 atom stereocenters. The van der Waals surface area contributed by atoms with Crippen molar-refractivity contribution < 1.29 is 38.4 Å². The van der Waals surface area contributed by atoms with Crippen molar-refractivity contribution in [3.8, 4) is 0 Å². The number of fused-ring (bicyclic) bond motifs is 4. The number of amides is 2. The Bertz CT molecular complexity index is 1810. The van der Waals surface area contributed by atoms with E-state index < -0.39 is 30.1 Å². The molecule has 2 saturated heterocycles. The summed E-state index contributed by atoms with van der Waals surface area (Å²) in [6, 6.07) is 15.8. The summed E-state index contributed by atoms with van der Waals surface area (Å²) in [5.74, 6) is -0.931. The number of hydrogen-bond donors (Lipinski definition) is 3. The zero-order valence-electron chi connectivity index (χ0n) is 31.0. The highest BCUT2D eigenvalue weighted by Gasteiger charge is 2.57. The molecule has 1 spiro atoms. The fourth-order valence-electron chi connectivity index (χ4n) is 9.76. The van der Waals surface area contributed by atoms with Crippen molar-refractivity contribution >= 4 is 23.9 Å². The van der Waals surface area contributed by atoms with Gasteiger partial charge in [-0.05, 0) is 85.1 Å². The first kappa shape index (κ1) is 36.2. The number of hydrogen-bond acceptors (Lipinski definition) is 8. The van der Waals surface area contributed by atoms with E-state index in [1.165, 1.54) is 5.57 Å². The van der Waals surface area contributed by atoms with Crippen molar-refractivity contribution in [3.63, 3.8) is 0 Å². The summed E-state index contributed by atoms with van der Waals surface area (Å²) < 4.78 is 25.9. The summed E-state index contributed by atoms with van der Waals surface area (Å²) in [4.78, 5) is 39.8. The molecule has 10 heteroatoms. The van der Waals surface area contributed by atoms with Gasteiger partial charge in [-0.1, -0.05) is 68.0 Å². The van der Waals surface area contributed by atoms with Crippen molar-refractivity contribution in [2.75, 3.05) is 19.7 Å². The van der Waals surface area contributed by atoms with Crippen LogP contribution in [-0.4, -0.2) is 78.4 Å². The van der Waals surface area contributed by atoms with Crippen LogP contribution in [0.1, 0.15) is 92.8 Å². The van der Waals surface area contributed by atoms with Gasteiger partial charge in [0.2, 0.25) is 11.8 Å². The predicted molar refractivity (Wildman–Crippen MR) is 197 cm³/mol. The number of epoxide rings is 1. The first-order valence-electron chi connectivity index (χ1n) is 19.4. The summed E-state index contributed by atoms with van der Waals surface area (Å²) >= 11 is 0. The minimum atomic E-state index is -0.912. The van der Waals surface area contributed by atoms with Crippen molar-refractivity contribution in [1.82, 2.24) is 10.6 Å². The molecular formula is C43H52N2O8. The SMILES string of the molecule is CC1(C)CC2C(=Cc3ccccc3C(=O)OC3CC(C(=O)NCCC(=O)NCCO)=CC4OC5(Cc6ccccc6C5)OC43)CCC3OC3(C)CCC21. The third-order valence-electron chi connectivity index (χ3n) is 12.8. The molecule has 7 unspecified atom stereocenters. The van der Waals surface area contributed by atoms with Crippen LogP contribution < -0.4 is 10.6 Å². The van der Waals surface area contributed by atoms with E-state index in [1.807, 2.05) is 36.4 Å². The van der Waals surface area contributed by atoms with Gasteiger partial charge < -0.3 is 34.7 Å². The molecule has 2 heterocycles. The van der Waals surface area contributed by atoms with Gasteiger partial charge in [-0.15, -0.1) is 0 Å². The summed E-state index contributed by atoms with van der Waals surface area (Å²) in [6.45, 7) is 7.13. The van der Waals surface area contributed by atoms with Gasteiger partial charge >= 0.3 is 5.97 Å². The number of benzene rings is 2. The van der Waals surface area contributed by atoms with Gasteiger partial charge in [0.1, 0.15) is 18.3 Å². The molecule has 4 aliphatic carbocycles. The van der Waals surface area contributed by atoms with Crippen LogP contribution in [0.3, 0.4) is 0 Å². The Morgan fingerprint density at radius 3 is 2.45 bits per heavy atom. The minimum Gasteiger partial charge on any atom is -0.456 e. The van der Waals surface area contributed by atoms with Gasteiger partial charge in [-0.3, -0.25) is 9.59 Å². The number of allylic oxidation sites excluding steroid dienone is 1. The first-order chi connectivity index (χ1) is 25.5. The van der Waals surface area contributed by atoms with Crippen LogP contribution in [-0.2, 0) is 41.4 Å². The van der Waals surface area contributed by atoms with Gasteiger partial charge in [0.25, 0.3) is 0 Å². The average Bonchev–Trinajstić information content (AvgIpc) is 3.43. The number of nitrogens with one attached hydrogen (secondary N) is 2. The molecule has 0 radical (unpaired) electrons. The van der Waals surface area contributed by atoms with E-state index in [1.54, 1.807) is 6.08 Å². The molecule has 53 heavy (non-hydrogen) atoms. The Labute approximate surface area is 311 Å². The molecule has 4 fully saturated rings. The molecule has 2 aromatic rings. The Hall–Kier alpha value is -3.83. The van der Waals surface area contributed by atoms with Gasteiger partial charge in [-0.25, -0.2) is 4.79 Å². The van der Waals surface area contributed by atoms with Gasteiger partial charge in [0.05, 0.1) is 23.9 Å². The van der Waals surface area contributed by atoms with Crippen LogP contribution in [0.4, 0.5) is 0 Å². The lowest BCUT2D eigenvalue weighted by Crippen LogP contribution is -2.45. The lowest BCUT2D eigenvalue weighted by molar-refractivity contribution is -0.172. The number of aliphatic hydroxyl groups excluding tert-OH is 1. The molecular weight excluding hydrogens is 672 g/mol. The van der Waals surface area contributed by atoms with E-state index in [0.29, 0.717) is 41.9 Å². The number of esters is 1. The lowest BCUT2D eigenvalue weighted by Gasteiger charge is -2.53. The summed E-state index contributed by atoms with van der Waals surface area (Å²) in [5.41, 5.74) is 5.70. The smallest absolute Gasteiger partial charge is 0.339 e. The molecule has 2 aromatic carbocycles. The van der Waals surface area contributed by atoms with E-state index in [4.69, 9.17) is 24.1 Å². The van der Waals surface area contributed by atoms with E-state index in [9.17, 15) is 14.4 Å². The predicted octanol–water partition coefficient (Wildman–Crippen LogP) is 5.21. The molecule has 8 rings (SSSR count). The van der Waals surface area contributed by atoms with E-state index in [0.717, 1.165) is 48.8 Å². The van der Waals surface area contributed by atoms with Gasteiger partial charge in [0.15, 0.2) is 5.79 Å². The maximum absolute atomic E-state index is 14.3. The Balaban J connectivity index is 1.03. The third kappa shape index (κ3) is 7.23. The zero-order chi connectivity index (χ0) is 37.0. The molecule has 0 bridgehead atoms. The molecule has 3 N–H and O–H groups in total. The summed E-state index contributed by atoms with van der Waals surface area (Å²) in [5, 5.41) is 14.4. The van der Waals surface area contributed by atoms with Crippen molar-refractivity contribution in [1.29, 1.82) is 0 Å². The summed E-state index contributed by atoms with van der Waals surface area (Å²) in [7, 11) is 0. The third-order valence-corrected chi connectivity index (χ3v) is 12.8. The van der Waals surface area contributed by atoms with Crippen LogP contribution >= 0.6 is 0 Å². The molecule has 2 saturated carbocycles. The normalized spacial score (nSPS) is 32.4. The maximum Gasteiger partial charge on any atom is 0.339 e. The highest BCUT2D eigenvalue weighted by Crippen LogP contribution is 2.60. The largest absolute Gasteiger partial charge is 0.456 e. The Morgan fingerprint density at radius 2 is 1.70 bits per heavy atom.